The van der Waals surface area contributed by atoms with E-state index in [-0.39, 0.29) is 0 Å². The zero-order valence-corrected chi connectivity index (χ0v) is 11.8. The summed E-state index contributed by atoms with van der Waals surface area (Å²) in [5, 5.41) is 3.52. The second-order valence-corrected chi connectivity index (χ2v) is 5.49. The predicted molar refractivity (Wildman–Crippen MR) is 79.1 cm³/mol. The monoisotopic (exact) mass is 246 g/mol. The van der Waals surface area contributed by atoms with E-state index in [4.69, 9.17) is 0 Å². The Hall–Kier alpha value is -1.02. The van der Waals surface area contributed by atoms with Gasteiger partial charge < -0.3 is 10.2 Å². The van der Waals surface area contributed by atoms with E-state index in [1.807, 2.05) is 0 Å². The van der Waals surface area contributed by atoms with Gasteiger partial charge in [-0.15, -0.1) is 0 Å². The van der Waals surface area contributed by atoms with Gasteiger partial charge in [-0.1, -0.05) is 25.5 Å². The van der Waals surface area contributed by atoms with Crippen LogP contribution < -0.4 is 5.32 Å². The van der Waals surface area contributed by atoms with Crippen LogP contribution in [-0.4, -0.2) is 31.1 Å². The van der Waals surface area contributed by atoms with Crippen molar-refractivity contribution in [3.8, 4) is 0 Å². The highest BCUT2D eigenvalue weighted by Crippen LogP contribution is 2.26. The largest absolute Gasteiger partial charge is 0.384 e. The van der Waals surface area contributed by atoms with Crippen molar-refractivity contribution in [1.29, 1.82) is 0 Å². The Morgan fingerprint density at radius 1 is 1.33 bits per heavy atom. The first-order valence-corrected chi connectivity index (χ1v) is 7.31. The Kier molecular flexibility index (Phi) is 5.06. The molecule has 0 atom stereocenters. The van der Waals surface area contributed by atoms with Gasteiger partial charge in [0.2, 0.25) is 0 Å². The lowest BCUT2D eigenvalue weighted by Gasteiger charge is -2.31. The molecule has 1 aromatic carbocycles. The Morgan fingerprint density at radius 2 is 2.17 bits per heavy atom. The minimum absolute atomic E-state index is 0.976. The molecule has 0 spiro atoms. The van der Waals surface area contributed by atoms with Crippen molar-refractivity contribution < 1.29 is 0 Å². The number of anilines is 1. The van der Waals surface area contributed by atoms with Gasteiger partial charge in [0.05, 0.1) is 0 Å². The number of hydrogen-bond acceptors (Lipinski definition) is 2. The van der Waals surface area contributed by atoms with Crippen molar-refractivity contribution in [2.45, 2.75) is 33.1 Å². The third kappa shape index (κ3) is 4.02. The van der Waals surface area contributed by atoms with Gasteiger partial charge in [-0.25, -0.2) is 0 Å². The van der Waals surface area contributed by atoms with Crippen molar-refractivity contribution in [2.75, 3.05) is 31.5 Å². The van der Waals surface area contributed by atoms with Gasteiger partial charge in [-0.3, -0.25) is 0 Å². The van der Waals surface area contributed by atoms with Crippen molar-refractivity contribution in [3.63, 3.8) is 0 Å². The SMILES string of the molecule is CCN(CCNc1cccc(C)c1)CC1CCC1. The molecule has 2 nitrogen and oxygen atoms in total. The molecule has 2 heteroatoms. The summed E-state index contributed by atoms with van der Waals surface area (Å²) in [6, 6.07) is 8.61. The average molecular weight is 246 g/mol. The van der Waals surface area contributed by atoms with Crippen LogP contribution in [0.2, 0.25) is 0 Å². The fraction of sp³-hybridized carbons (Fsp3) is 0.625. The number of benzene rings is 1. The quantitative estimate of drug-likeness (QED) is 0.792. The first kappa shape index (κ1) is 13.4. The minimum atomic E-state index is 0.976. The number of likely N-dealkylation sites (N-methyl/N-ethyl adjacent to an activating group) is 1. The lowest BCUT2D eigenvalue weighted by atomic mass is 9.85. The molecule has 0 bridgehead atoms. The zero-order chi connectivity index (χ0) is 12.8. The molecule has 1 fully saturated rings. The van der Waals surface area contributed by atoms with Crippen molar-refractivity contribution in [1.82, 2.24) is 4.90 Å². The Bertz CT molecular complexity index is 358. The molecule has 1 aliphatic carbocycles. The molecule has 0 amide bonds. The first-order chi connectivity index (χ1) is 8.78. The molecule has 1 saturated carbocycles. The van der Waals surface area contributed by atoms with E-state index in [2.05, 4.69) is 48.3 Å². The molecule has 100 valence electrons. The summed E-state index contributed by atoms with van der Waals surface area (Å²) >= 11 is 0. The average Bonchev–Trinajstić information content (AvgIpc) is 2.31. The van der Waals surface area contributed by atoms with Crippen LogP contribution in [0.3, 0.4) is 0 Å². The smallest absolute Gasteiger partial charge is 0.0343 e. The van der Waals surface area contributed by atoms with Crippen LogP contribution in [0.5, 0.6) is 0 Å². The highest BCUT2D eigenvalue weighted by Gasteiger charge is 2.19. The van der Waals surface area contributed by atoms with Crippen LogP contribution in [0.4, 0.5) is 5.69 Å². The zero-order valence-electron chi connectivity index (χ0n) is 11.8. The van der Waals surface area contributed by atoms with E-state index in [1.165, 1.54) is 43.6 Å². The van der Waals surface area contributed by atoms with E-state index >= 15 is 0 Å². The summed E-state index contributed by atoms with van der Waals surface area (Å²) in [7, 11) is 0. The van der Waals surface area contributed by atoms with E-state index in [9.17, 15) is 0 Å². The van der Waals surface area contributed by atoms with Crippen LogP contribution in [0.15, 0.2) is 24.3 Å². The van der Waals surface area contributed by atoms with Gasteiger partial charge in [0.25, 0.3) is 0 Å². The molecule has 0 radical (unpaired) electrons. The first-order valence-electron chi connectivity index (χ1n) is 7.31. The normalized spacial score (nSPS) is 15.7. The molecule has 1 N–H and O–H groups in total. The fourth-order valence-corrected chi connectivity index (χ4v) is 2.53. The maximum atomic E-state index is 3.52. The van der Waals surface area contributed by atoms with E-state index in [0.717, 1.165) is 19.0 Å². The molecule has 0 saturated heterocycles. The fourth-order valence-electron chi connectivity index (χ4n) is 2.53. The van der Waals surface area contributed by atoms with Crippen LogP contribution in [0.25, 0.3) is 0 Å². The van der Waals surface area contributed by atoms with E-state index < -0.39 is 0 Å². The molecule has 2 rings (SSSR count). The molecule has 1 aromatic rings. The molecule has 0 heterocycles. The van der Waals surface area contributed by atoms with Gasteiger partial charge in [0.15, 0.2) is 0 Å². The maximum Gasteiger partial charge on any atom is 0.0343 e. The summed E-state index contributed by atoms with van der Waals surface area (Å²) in [4.78, 5) is 2.58. The number of nitrogens with zero attached hydrogens (tertiary/aromatic N) is 1. The second kappa shape index (κ2) is 6.79. The molecule has 1 aliphatic rings. The lowest BCUT2D eigenvalue weighted by molar-refractivity contribution is 0.189. The third-order valence-electron chi connectivity index (χ3n) is 3.96. The Labute approximate surface area is 111 Å². The van der Waals surface area contributed by atoms with Crippen LogP contribution in [0.1, 0.15) is 31.7 Å². The van der Waals surface area contributed by atoms with Gasteiger partial charge >= 0.3 is 0 Å². The van der Waals surface area contributed by atoms with Crippen molar-refractivity contribution in [2.24, 2.45) is 5.92 Å². The van der Waals surface area contributed by atoms with Crippen LogP contribution in [-0.2, 0) is 0 Å². The number of hydrogen-bond donors (Lipinski definition) is 1. The number of aryl methyl sites for hydroxylation is 1. The molecule has 18 heavy (non-hydrogen) atoms. The van der Waals surface area contributed by atoms with Gasteiger partial charge in [-0.05, 0) is 49.9 Å². The summed E-state index contributed by atoms with van der Waals surface area (Å²) in [6.07, 6.45) is 4.34. The van der Waals surface area contributed by atoms with Gasteiger partial charge in [0, 0.05) is 25.3 Å². The summed E-state index contributed by atoms with van der Waals surface area (Å²) in [5.74, 6) is 0.976. The molecule has 0 unspecified atom stereocenters. The van der Waals surface area contributed by atoms with E-state index in [1.54, 1.807) is 0 Å². The number of nitrogens with one attached hydrogen (secondary N) is 1. The van der Waals surface area contributed by atoms with Crippen molar-refractivity contribution in [3.05, 3.63) is 29.8 Å². The minimum Gasteiger partial charge on any atom is -0.384 e. The molecular formula is C16H26N2. The standard InChI is InChI=1S/C16H26N2/c1-3-18(13-15-7-5-8-15)11-10-17-16-9-4-6-14(2)12-16/h4,6,9,12,15,17H,3,5,7-8,10-11,13H2,1-2H3. The molecular weight excluding hydrogens is 220 g/mol. The summed E-state index contributed by atoms with van der Waals surface area (Å²) < 4.78 is 0. The molecule has 0 aromatic heterocycles. The topological polar surface area (TPSA) is 15.3 Å². The van der Waals surface area contributed by atoms with Crippen molar-refractivity contribution >= 4 is 5.69 Å². The lowest BCUT2D eigenvalue weighted by Crippen LogP contribution is -2.35. The predicted octanol–water partition coefficient (Wildman–Crippen LogP) is 3.53. The molecule has 0 aliphatic heterocycles. The summed E-state index contributed by atoms with van der Waals surface area (Å²) in [6.45, 7) is 9.08. The van der Waals surface area contributed by atoms with E-state index in [0.29, 0.717) is 0 Å². The van der Waals surface area contributed by atoms with Crippen LogP contribution in [0, 0.1) is 12.8 Å². The van der Waals surface area contributed by atoms with Gasteiger partial charge in [0.1, 0.15) is 0 Å². The van der Waals surface area contributed by atoms with Crippen LogP contribution >= 0.6 is 0 Å². The maximum absolute atomic E-state index is 3.52. The summed E-state index contributed by atoms with van der Waals surface area (Å²) in [5.41, 5.74) is 2.57. The highest BCUT2D eigenvalue weighted by molar-refractivity contribution is 5.45. The second-order valence-electron chi connectivity index (χ2n) is 5.49. The van der Waals surface area contributed by atoms with Gasteiger partial charge in [-0.2, -0.15) is 0 Å². The highest BCUT2D eigenvalue weighted by atomic mass is 15.1. The number of rotatable bonds is 7. The Balaban J connectivity index is 1.69. The Morgan fingerprint density at radius 3 is 2.78 bits per heavy atom. The third-order valence-corrected chi connectivity index (χ3v) is 3.96.